The predicted octanol–water partition coefficient (Wildman–Crippen LogP) is 1.60. The van der Waals surface area contributed by atoms with Crippen molar-refractivity contribution < 1.29 is 0 Å². The molecule has 2 unspecified atom stereocenters. The highest BCUT2D eigenvalue weighted by molar-refractivity contribution is 4.92. The monoisotopic (exact) mass is 182 g/mol. The van der Waals surface area contributed by atoms with E-state index in [1.807, 2.05) is 0 Å². The molecule has 1 aliphatic carbocycles. The molecule has 1 aliphatic heterocycles. The van der Waals surface area contributed by atoms with E-state index < -0.39 is 0 Å². The van der Waals surface area contributed by atoms with Gasteiger partial charge >= 0.3 is 0 Å². The van der Waals surface area contributed by atoms with Crippen LogP contribution >= 0.6 is 0 Å². The van der Waals surface area contributed by atoms with Crippen LogP contribution in [0.5, 0.6) is 0 Å². The van der Waals surface area contributed by atoms with Gasteiger partial charge in [-0.05, 0) is 45.4 Å². The van der Waals surface area contributed by atoms with Crippen molar-refractivity contribution in [3.05, 3.63) is 0 Å². The molecule has 2 N–H and O–H groups in total. The number of piperidine rings is 1. The Bertz CT molecular complexity index is 183. The molecule has 0 amide bonds. The first-order valence-electron chi connectivity index (χ1n) is 5.57. The van der Waals surface area contributed by atoms with Crippen molar-refractivity contribution >= 4 is 0 Å². The maximum Gasteiger partial charge on any atom is 0.0109 e. The molecule has 0 aromatic carbocycles. The highest BCUT2D eigenvalue weighted by atomic mass is 15.2. The Balaban J connectivity index is 1.78. The van der Waals surface area contributed by atoms with Gasteiger partial charge in [-0.2, -0.15) is 0 Å². The van der Waals surface area contributed by atoms with Crippen molar-refractivity contribution in [2.45, 2.75) is 51.1 Å². The van der Waals surface area contributed by atoms with E-state index in [4.69, 9.17) is 5.73 Å². The second kappa shape index (κ2) is 3.25. The van der Waals surface area contributed by atoms with Crippen LogP contribution in [0.25, 0.3) is 0 Å². The molecule has 2 atom stereocenters. The molecule has 0 radical (unpaired) electrons. The summed E-state index contributed by atoms with van der Waals surface area (Å²) in [5, 5.41) is 0. The highest BCUT2D eigenvalue weighted by Gasteiger charge is 2.37. The summed E-state index contributed by atoms with van der Waals surface area (Å²) in [6, 6.07) is 0.910. The fourth-order valence-corrected chi connectivity index (χ4v) is 2.73. The van der Waals surface area contributed by atoms with Gasteiger partial charge in [-0.3, -0.25) is 0 Å². The normalized spacial score (nSPS) is 34.4. The summed E-state index contributed by atoms with van der Waals surface area (Å²) in [5.74, 6) is 1.02. The topological polar surface area (TPSA) is 29.3 Å². The van der Waals surface area contributed by atoms with Crippen LogP contribution in [0.2, 0.25) is 0 Å². The Morgan fingerprint density at radius 2 is 2.15 bits per heavy atom. The summed E-state index contributed by atoms with van der Waals surface area (Å²) in [6.07, 6.45) is 5.52. The van der Waals surface area contributed by atoms with Gasteiger partial charge in [0, 0.05) is 24.7 Å². The summed E-state index contributed by atoms with van der Waals surface area (Å²) in [4.78, 5) is 2.66. The van der Waals surface area contributed by atoms with Crippen LogP contribution < -0.4 is 5.73 Å². The smallest absolute Gasteiger partial charge is 0.0109 e. The van der Waals surface area contributed by atoms with E-state index in [9.17, 15) is 0 Å². The van der Waals surface area contributed by atoms with Gasteiger partial charge in [0.15, 0.2) is 0 Å². The molecule has 1 saturated carbocycles. The third-order valence-electron chi connectivity index (χ3n) is 3.57. The van der Waals surface area contributed by atoms with Crippen LogP contribution in [0, 0.1) is 5.92 Å². The zero-order valence-electron chi connectivity index (χ0n) is 8.92. The van der Waals surface area contributed by atoms with E-state index in [1.54, 1.807) is 0 Å². The minimum Gasteiger partial charge on any atom is -0.326 e. The van der Waals surface area contributed by atoms with Crippen molar-refractivity contribution in [2.75, 3.05) is 13.1 Å². The minimum absolute atomic E-state index is 0.0157. The molecular formula is C11H22N2. The summed E-state index contributed by atoms with van der Waals surface area (Å²) in [6.45, 7) is 6.81. The maximum atomic E-state index is 5.99. The van der Waals surface area contributed by atoms with Gasteiger partial charge in [-0.1, -0.05) is 0 Å². The first kappa shape index (κ1) is 9.47. The van der Waals surface area contributed by atoms with E-state index in [0.29, 0.717) is 0 Å². The number of hydrogen-bond donors (Lipinski definition) is 1. The van der Waals surface area contributed by atoms with Crippen LogP contribution in [-0.4, -0.2) is 29.6 Å². The lowest BCUT2D eigenvalue weighted by molar-refractivity contribution is 0.197. The Labute approximate surface area is 81.5 Å². The molecule has 2 rings (SSSR count). The number of nitrogens with zero attached hydrogens (tertiary/aromatic N) is 1. The van der Waals surface area contributed by atoms with Gasteiger partial charge in [0.1, 0.15) is 0 Å². The Hall–Kier alpha value is -0.0800. The Kier molecular flexibility index (Phi) is 2.37. The van der Waals surface area contributed by atoms with Crippen molar-refractivity contribution in [2.24, 2.45) is 11.7 Å². The first-order valence-corrected chi connectivity index (χ1v) is 5.57. The van der Waals surface area contributed by atoms with Gasteiger partial charge in [0.2, 0.25) is 0 Å². The number of rotatable bonds is 3. The zero-order chi connectivity index (χ0) is 9.47. The standard InChI is InChI=1S/C11H22N2/c1-11(2,12)5-6-13-8-9-3-4-10(13)7-9/h9-10H,3-8,12H2,1-2H3. The van der Waals surface area contributed by atoms with Crippen molar-refractivity contribution in [3.63, 3.8) is 0 Å². The number of likely N-dealkylation sites (tertiary alicyclic amines) is 1. The van der Waals surface area contributed by atoms with Crippen molar-refractivity contribution in [1.82, 2.24) is 4.90 Å². The summed E-state index contributed by atoms with van der Waals surface area (Å²) in [5.41, 5.74) is 6.00. The third kappa shape index (κ3) is 2.23. The van der Waals surface area contributed by atoms with Gasteiger partial charge < -0.3 is 10.6 Å². The molecule has 2 aliphatic rings. The Morgan fingerprint density at radius 3 is 2.62 bits per heavy atom. The van der Waals surface area contributed by atoms with Gasteiger partial charge in [-0.25, -0.2) is 0 Å². The van der Waals surface area contributed by atoms with Gasteiger partial charge in [0.25, 0.3) is 0 Å². The molecule has 1 heterocycles. The molecule has 2 heteroatoms. The number of hydrogen-bond acceptors (Lipinski definition) is 2. The van der Waals surface area contributed by atoms with E-state index in [0.717, 1.165) is 18.4 Å². The number of nitrogens with two attached hydrogens (primary N) is 1. The quantitative estimate of drug-likeness (QED) is 0.718. The maximum absolute atomic E-state index is 5.99. The minimum atomic E-state index is 0.0157. The lowest BCUT2D eigenvalue weighted by Gasteiger charge is -2.29. The fourth-order valence-electron chi connectivity index (χ4n) is 2.73. The Morgan fingerprint density at radius 1 is 1.38 bits per heavy atom. The van der Waals surface area contributed by atoms with Crippen LogP contribution in [0.15, 0.2) is 0 Å². The highest BCUT2D eigenvalue weighted by Crippen LogP contribution is 2.37. The SMILES string of the molecule is CC(C)(N)CCN1CC2CCC1C2. The average molecular weight is 182 g/mol. The van der Waals surface area contributed by atoms with E-state index in [1.165, 1.54) is 32.4 Å². The molecule has 2 bridgehead atoms. The molecule has 13 heavy (non-hydrogen) atoms. The van der Waals surface area contributed by atoms with Gasteiger partial charge in [0.05, 0.1) is 0 Å². The molecule has 0 spiro atoms. The van der Waals surface area contributed by atoms with E-state index >= 15 is 0 Å². The summed E-state index contributed by atoms with van der Waals surface area (Å²) >= 11 is 0. The summed E-state index contributed by atoms with van der Waals surface area (Å²) < 4.78 is 0. The second-order valence-corrected chi connectivity index (χ2v) is 5.57. The lowest BCUT2D eigenvalue weighted by Crippen LogP contribution is -2.40. The van der Waals surface area contributed by atoms with Crippen LogP contribution in [0.4, 0.5) is 0 Å². The largest absolute Gasteiger partial charge is 0.326 e. The predicted molar refractivity (Wildman–Crippen MR) is 55.6 cm³/mol. The third-order valence-corrected chi connectivity index (χ3v) is 3.57. The van der Waals surface area contributed by atoms with Crippen LogP contribution in [-0.2, 0) is 0 Å². The van der Waals surface area contributed by atoms with Crippen molar-refractivity contribution in [3.8, 4) is 0 Å². The fraction of sp³-hybridized carbons (Fsp3) is 1.00. The van der Waals surface area contributed by atoms with Crippen LogP contribution in [0.3, 0.4) is 0 Å². The first-order chi connectivity index (χ1) is 6.04. The molecule has 0 aromatic heterocycles. The van der Waals surface area contributed by atoms with Crippen LogP contribution in [0.1, 0.15) is 39.5 Å². The summed E-state index contributed by atoms with van der Waals surface area (Å²) in [7, 11) is 0. The van der Waals surface area contributed by atoms with E-state index in [-0.39, 0.29) is 5.54 Å². The molecule has 2 nitrogen and oxygen atoms in total. The molecule has 76 valence electrons. The van der Waals surface area contributed by atoms with E-state index in [2.05, 4.69) is 18.7 Å². The van der Waals surface area contributed by atoms with Crippen molar-refractivity contribution in [1.29, 1.82) is 0 Å². The zero-order valence-corrected chi connectivity index (χ0v) is 8.92. The molecule has 2 fully saturated rings. The lowest BCUT2D eigenvalue weighted by atomic mass is 10.0. The van der Waals surface area contributed by atoms with Gasteiger partial charge in [-0.15, -0.1) is 0 Å². The molecule has 0 aromatic rings. The molecular weight excluding hydrogens is 160 g/mol. The average Bonchev–Trinajstić information content (AvgIpc) is 2.58. The second-order valence-electron chi connectivity index (χ2n) is 5.57. The molecule has 1 saturated heterocycles. The number of fused-ring (bicyclic) bond motifs is 2.